The molecule has 2 aromatic rings. The van der Waals surface area contributed by atoms with E-state index < -0.39 is 0 Å². The van der Waals surface area contributed by atoms with Crippen molar-refractivity contribution < 1.29 is 9.13 Å². The van der Waals surface area contributed by atoms with E-state index in [-0.39, 0.29) is 11.9 Å². The second-order valence-corrected chi connectivity index (χ2v) is 5.83. The summed E-state index contributed by atoms with van der Waals surface area (Å²) < 4.78 is 18.7. The first-order valence-electron chi connectivity index (χ1n) is 6.78. The molecule has 0 bridgehead atoms. The zero-order chi connectivity index (χ0) is 14.5. The standard InChI is InChI=1S/C16H20FNOS/c1-4-8-18-16(13-7-9-20-11(13)2)12-5-6-14(17)15(10-12)19-3/h5-7,9-10,16,18H,4,8H2,1-3H3. The smallest absolute Gasteiger partial charge is 0.165 e. The van der Waals surface area contributed by atoms with Gasteiger partial charge in [-0.2, -0.15) is 0 Å². The fraction of sp³-hybridized carbons (Fsp3) is 0.375. The van der Waals surface area contributed by atoms with Crippen molar-refractivity contribution in [2.24, 2.45) is 0 Å². The fourth-order valence-electron chi connectivity index (χ4n) is 2.25. The van der Waals surface area contributed by atoms with Crippen molar-refractivity contribution in [2.75, 3.05) is 13.7 Å². The van der Waals surface area contributed by atoms with E-state index in [1.165, 1.54) is 23.6 Å². The molecule has 1 unspecified atom stereocenters. The third kappa shape index (κ3) is 3.19. The maximum atomic E-state index is 13.6. The van der Waals surface area contributed by atoms with Crippen LogP contribution >= 0.6 is 11.3 Å². The Hall–Kier alpha value is -1.39. The molecule has 1 atom stereocenters. The van der Waals surface area contributed by atoms with Crippen LogP contribution in [0.25, 0.3) is 0 Å². The molecular weight excluding hydrogens is 273 g/mol. The van der Waals surface area contributed by atoms with Gasteiger partial charge in [-0.05, 0) is 54.6 Å². The predicted octanol–water partition coefficient (Wildman–Crippen LogP) is 4.29. The van der Waals surface area contributed by atoms with Gasteiger partial charge in [0.1, 0.15) is 0 Å². The highest BCUT2D eigenvalue weighted by atomic mass is 32.1. The molecule has 0 amide bonds. The van der Waals surface area contributed by atoms with Crippen LogP contribution in [0.4, 0.5) is 4.39 Å². The van der Waals surface area contributed by atoms with Gasteiger partial charge in [0.2, 0.25) is 0 Å². The molecule has 1 aromatic heterocycles. The minimum atomic E-state index is -0.326. The van der Waals surface area contributed by atoms with Crippen LogP contribution in [0.15, 0.2) is 29.6 Å². The summed E-state index contributed by atoms with van der Waals surface area (Å²) in [4.78, 5) is 1.28. The van der Waals surface area contributed by atoms with Gasteiger partial charge in [-0.3, -0.25) is 0 Å². The van der Waals surface area contributed by atoms with Crippen molar-refractivity contribution in [2.45, 2.75) is 26.3 Å². The van der Waals surface area contributed by atoms with Crippen LogP contribution in [0, 0.1) is 12.7 Å². The number of hydrogen-bond donors (Lipinski definition) is 1. The van der Waals surface area contributed by atoms with Crippen molar-refractivity contribution in [1.82, 2.24) is 5.32 Å². The monoisotopic (exact) mass is 293 g/mol. The summed E-state index contributed by atoms with van der Waals surface area (Å²) in [5.74, 6) is -0.0359. The molecule has 0 saturated heterocycles. The fourth-order valence-corrected chi connectivity index (χ4v) is 2.99. The van der Waals surface area contributed by atoms with E-state index >= 15 is 0 Å². The lowest BCUT2D eigenvalue weighted by Crippen LogP contribution is -2.23. The molecule has 108 valence electrons. The van der Waals surface area contributed by atoms with E-state index in [4.69, 9.17) is 4.74 Å². The van der Waals surface area contributed by atoms with Crippen molar-refractivity contribution in [1.29, 1.82) is 0 Å². The highest BCUT2D eigenvalue weighted by Crippen LogP contribution is 2.31. The Balaban J connectivity index is 2.38. The Kier molecular flexibility index (Phi) is 5.15. The normalized spacial score (nSPS) is 12.4. The van der Waals surface area contributed by atoms with Gasteiger partial charge >= 0.3 is 0 Å². The number of thiophene rings is 1. The van der Waals surface area contributed by atoms with Crippen molar-refractivity contribution in [3.8, 4) is 5.75 Å². The van der Waals surface area contributed by atoms with E-state index in [2.05, 4.69) is 30.6 Å². The highest BCUT2D eigenvalue weighted by molar-refractivity contribution is 7.10. The zero-order valence-electron chi connectivity index (χ0n) is 12.1. The van der Waals surface area contributed by atoms with E-state index in [1.807, 2.05) is 6.07 Å². The Morgan fingerprint density at radius 3 is 2.75 bits per heavy atom. The van der Waals surface area contributed by atoms with Crippen molar-refractivity contribution >= 4 is 11.3 Å². The lowest BCUT2D eigenvalue weighted by molar-refractivity contribution is 0.385. The van der Waals surface area contributed by atoms with Gasteiger partial charge in [0.25, 0.3) is 0 Å². The SMILES string of the molecule is CCCNC(c1ccc(F)c(OC)c1)c1ccsc1C. The minimum absolute atomic E-state index is 0.0794. The molecule has 0 aliphatic heterocycles. The van der Waals surface area contributed by atoms with Crippen LogP contribution in [0.3, 0.4) is 0 Å². The molecule has 1 heterocycles. The van der Waals surface area contributed by atoms with Gasteiger partial charge in [-0.15, -0.1) is 11.3 Å². The van der Waals surface area contributed by atoms with Gasteiger partial charge in [0.15, 0.2) is 11.6 Å². The first kappa shape index (κ1) is 15.0. The number of nitrogens with one attached hydrogen (secondary N) is 1. The number of hydrogen-bond acceptors (Lipinski definition) is 3. The van der Waals surface area contributed by atoms with Crippen molar-refractivity contribution in [3.05, 3.63) is 51.5 Å². The Morgan fingerprint density at radius 1 is 1.35 bits per heavy atom. The maximum Gasteiger partial charge on any atom is 0.165 e. The van der Waals surface area contributed by atoms with Gasteiger partial charge in [0.05, 0.1) is 13.2 Å². The molecule has 4 heteroatoms. The molecule has 0 fully saturated rings. The van der Waals surface area contributed by atoms with Crippen LogP contribution in [0.2, 0.25) is 0 Å². The van der Waals surface area contributed by atoms with Gasteiger partial charge in [0, 0.05) is 4.88 Å². The number of methoxy groups -OCH3 is 1. The molecule has 0 radical (unpaired) electrons. The summed E-state index contributed by atoms with van der Waals surface area (Å²) >= 11 is 1.73. The van der Waals surface area contributed by atoms with E-state index in [0.717, 1.165) is 18.5 Å². The first-order valence-corrected chi connectivity index (χ1v) is 7.66. The van der Waals surface area contributed by atoms with E-state index in [0.29, 0.717) is 5.75 Å². The van der Waals surface area contributed by atoms with Crippen LogP contribution in [0.1, 0.15) is 35.4 Å². The summed E-state index contributed by atoms with van der Waals surface area (Å²) in [6, 6.07) is 7.28. The second kappa shape index (κ2) is 6.86. The summed E-state index contributed by atoms with van der Waals surface area (Å²) in [6.45, 7) is 5.16. The van der Waals surface area contributed by atoms with E-state index in [9.17, 15) is 4.39 Å². The Labute approximate surface area is 123 Å². The molecule has 2 rings (SSSR count). The largest absolute Gasteiger partial charge is 0.494 e. The molecule has 1 aromatic carbocycles. The first-order chi connectivity index (χ1) is 9.67. The summed E-state index contributed by atoms with van der Waals surface area (Å²) in [7, 11) is 1.49. The zero-order valence-corrected chi connectivity index (χ0v) is 12.9. The Bertz CT molecular complexity index is 567. The summed E-state index contributed by atoms with van der Waals surface area (Å²) in [6.07, 6.45) is 1.05. The molecule has 0 saturated carbocycles. The molecular formula is C16H20FNOS. The number of benzene rings is 1. The van der Waals surface area contributed by atoms with Crippen LogP contribution in [-0.2, 0) is 0 Å². The quantitative estimate of drug-likeness (QED) is 0.857. The molecule has 0 aliphatic rings. The highest BCUT2D eigenvalue weighted by Gasteiger charge is 2.18. The average molecular weight is 293 g/mol. The van der Waals surface area contributed by atoms with Gasteiger partial charge < -0.3 is 10.1 Å². The van der Waals surface area contributed by atoms with Crippen molar-refractivity contribution in [3.63, 3.8) is 0 Å². The molecule has 0 spiro atoms. The Morgan fingerprint density at radius 2 is 2.15 bits per heavy atom. The molecule has 0 aliphatic carbocycles. The lowest BCUT2D eigenvalue weighted by Gasteiger charge is -2.20. The maximum absolute atomic E-state index is 13.6. The van der Waals surface area contributed by atoms with Crippen LogP contribution < -0.4 is 10.1 Å². The van der Waals surface area contributed by atoms with E-state index in [1.54, 1.807) is 17.4 Å². The van der Waals surface area contributed by atoms with Crippen LogP contribution in [-0.4, -0.2) is 13.7 Å². The number of rotatable bonds is 6. The number of halogens is 1. The predicted molar refractivity (Wildman–Crippen MR) is 82.1 cm³/mol. The second-order valence-electron chi connectivity index (χ2n) is 4.71. The molecule has 20 heavy (non-hydrogen) atoms. The molecule has 1 N–H and O–H groups in total. The third-order valence-electron chi connectivity index (χ3n) is 3.32. The van der Waals surface area contributed by atoms with Crippen LogP contribution in [0.5, 0.6) is 5.75 Å². The topological polar surface area (TPSA) is 21.3 Å². The number of ether oxygens (including phenoxy) is 1. The molecule has 2 nitrogen and oxygen atoms in total. The average Bonchev–Trinajstić information content (AvgIpc) is 2.87. The summed E-state index contributed by atoms with van der Waals surface area (Å²) in [5, 5.41) is 5.62. The summed E-state index contributed by atoms with van der Waals surface area (Å²) in [5.41, 5.74) is 2.27. The third-order valence-corrected chi connectivity index (χ3v) is 4.18. The lowest BCUT2D eigenvalue weighted by atomic mass is 9.99. The van der Waals surface area contributed by atoms with Gasteiger partial charge in [-0.1, -0.05) is 13.0 Å². The van der Waals surface area contributed by atoms with Gasteiger partial charge in [-0.25, -0.2) is 4.39 Å². The number of aryl methyl sites for hydroxylation is 1. The minimum Gasteiger partial charge on any atom is -0.494 e.